The molecule has 5 heteroatoms. The van der Waals surface area contributed by atoms with Crippen molar-refractivity contribution in [2.75, 3.05) is 12.3 Å². The summed E-state index contributed by atoms with van der Waals surface area (Å²) in [6.45, 7) is 0.678. The summed E-state index contributed by atoms with van der Waals surface area (Å²) < 4.78 is 5.60. The number of nitrogens with two attached hydrogens (primary N) is 1. The van der Waals surface area contributed by atoms with Crippen molar-refractivity contribution in [3.8, 4) is 5.88 Å². The zero-order valence-electron chi connectivity index (χ0n) is 9.16. The van der Waals surface area contributed by atoms with Gasteiger partial charge in [-0.1, -0.05) is 30.9 Å². The van der Waals surface area contributed by atoms with E-state index < -0.39 is 0 Å². The third-order valence-corrected chi connectivity index (χ3v) is 3.28. The minimum atomic E-state index is 0.258. The molecule has 4 nitrogen and oxygen atoms in total. The van der Waals surface area contributed by atoms with Crippen molar-refractivity contribution in [1.29, 1.82) is 0 Å². The summed E-state index contributed by atoms with van der Waals surface area (Å²) in [5, 5.41) is 0.258. The molecule has 1 aromatic rings. The standard InChI is InChI=1S/C11H16ClN3O/c12-10-9(13)11(15-7-14-10)16-6-8-4-2-1-3-5-8/h7-8H,1-6,13H2. The Morgan fingerprint density at radius 1 is 1.31 bits per heavy atom. The predicted molar refractivity (Wildman–Crippen MR) is 63.5 cm³/mol. The van der Waals surface area contributed by atoms with Gasteiger partial charge in [-0.3, -0.25) is 0 Å². The van der Waals surface area contributed by atoms with Crippen molar-refractivity contribution in [2.45, 2.75) is 32.1 Å². The van der Waals surface area contributed by atoms with E-state index in [1.54, 1.807) is 0 Å². The van der Waals surface area contributed by atoms with Gasteiger partial charge in [0.25, 0.3) is 0 Å². The fourth-order valence-corrected chi connectivity index (χ4v) is 2.15. The molecule has 0 spiro atoms. The molecule has 0 amide bonds. The molecular weight excluding hydrogens is 226 g/mol. The van der Waals surface area contributed by atoms with Crippen LogP contribution in [0.1, 0.15) is 32.1 Å². The lowest BCUT2D eigenvalue weighted by Crippen LogP contribution is -2.16. The van der Waals surface area contributed by atoms with E-state index in [1.807, 2.05) is 0 Å². The number of hydrogen-bond donors (Lipinski definition) is 1. The number of aromatic nitrogens is 2. The zero-order valence-corrected chi connectivity index (χ0v) is 9.91. The van der Waals surface area contributed by atoms with E-state index in [0.717, 1.165) is 0 Å². The van der Waals surface area contributed by atoms with Crippen LogP contribution in [0.15, 0.2) is 6.33 Å². The number of hydrogen-bond acceptors (Lipinski definition) is 4. The molecule has 0 saturated heterocycles. The Labute approximate surface area is 100 Å². The Morgan fingerprint density at radius 3 is 2.81 bits per heavy atom. The van der Waals surface area contributed by atoms with Gasteiger partial charge in [-0.05, 0) is 18.8 Å². The van der Waals surface area contributed by atoms with Gasteiger partial charge in [0.1, 0.15) is 12.0 Å². The molecule has 1 fully saturated rings. The molecule has 88 valence electrons. The lowest BCUT2D eigenvalue weighted by Gasteiger charge is -2.21. The van der Waals surface area contributed by atoms with Gasteiger partial charge in [-0.2, -0.15) is 4.98 Å². The Bertz CT molecular complexity index is 353. The van der Waals surface area contributed by atoms with Crippen LogP contribution >= 0.6 is 11.6 Å². The van der Waals surface area contributed by atoms with Crippen LogP contribution in [-0.4, -0.2) is 16.6 Å². The number of nitrogen functional groups attached to an aromatic ring is 1. The number of anilines is 1. The van der Waals surface area contributed by atoms with E-state index in [-0.39, 0.29) is 5.15 Å². The van der Waals surface area contributed by atoms with Crippen LogP contribution in [0.4, 0.5) is 5.69 Å². The molecule has 1 heterocycles. The molecule has 1 saturated carbocycles. The molecule has 1 aliphatic carbocycles. The topological polar surface area (TPSA) is 61.0 Å². The molecule has 0 unspecified atom stereocenters. The quantitative estimate of drug-likeness (QED) is 0.827. The van der Waals surface area contributed by atoms with Gasteiger partial charge >= 0.3 is 0 Å². The molecule has 0 aliphatic heterocycles. The van der Waals surface area contributed by atoms with Crippen molar-refractivity contribution >= 4 is 17.3 Å². The summed E-state index contributed by atoms with van der Waals surface area (Å²) in [6, 6.07) is 0. The van der Waals surface area contributed by atoms with Crippen molar-refractivity contribution in [2.24, 2.45) is 5.92 Å². The third-order valence-electron chi connectivity index (χ3n) is 2.98. The predicted octanol–water partition coefficient (Wildman–Crippen LogP) is 2.67. The summed E-state index contributed by atoms with van der Waals surface area (Å²) in [7, 11) is 0. The monoisotopic (exact) mass is 241 g/mol. The number of ether oxygens (including phenoxy) is 1. The molecule has 0 bridgehead atoms. The Hall–Kier alpha value is -1.03. The van der Waals surface area contributed by atoms with Crippen molar-refractivity contribution in [1.82, 2.24) is 9.97 Å². The average Bonchev–Trinajstić information content (AvgIpc) is 2.32. The van der Waals surface area contributed by atoms with E-state index >= 15 is 0 Å². The van der Waals surface area contributed by atoms with Gasteiger partial charge in [-0.25, -0.2) is 4.98 Å². The molecule has 1 aliphatic rings. The fourth-order valence-electron chi connectivity index (χ4n) is 2.02. The second-order valence-electron chi connectivity index (χ2n) is 4.20. The second-order valence-corrected chi connectivity index (χ2v) is 4.56. The Balaban J connectivity index is 1.91. The highest BCUT2D eigenvalue weighted by molar-refractivity contribution is 6.32. The van der Waals surface area contributed by atoms with Gasteiger partial charge in [0.15, 0.2) is 5.15 Å². The van der Waals surface area contributed by atoms with Crippen LogP contribution < -0.4 is 10.5 Å². The lowest BCUT2D eigenvalue weighted by atomic mass is 9.90. The van der Waals surface area contributed by atoms with Crippen LogP contribution in [0.25, 0.3) is 0 Å². The molecule has 0 aromatic carbocycles. The number of nitrogens with zero attached hydrogens (tertiary/aromatic N) is 2. The van der Waals surface area contributed by atoms with E-state index in [9.17, 15) is 0 Å². The first-order chi connectivity index (χ1) is 7.77. The summed E-state index contributed by atoms with van der Waals surface area (Å²) in [4.78, 5) is 7.76. The Morgan fingerprint density at radius 2 is 2.06 bits per heavy atom. The highest BCUT2D eigenvalue weighted by atomic mass is 35.5. The highest BCUT2D eigenvalue weighted by Gasteiger charge is 2.15. The van der Waals surface area contributed by atoms with Crippen LogP contribution in [0, 0.1) is 5.92 Å². The Kier molecular flexibility index (Phi) is 3.83. The normalized spacial score (nSPS) is 17.3. The molecule has 2 rings (SSSR count). The van der Waals surface area contributed by atoms with E-state index in [0.29, 0.717) is 24.1 Å². The molecule has 0 radical (unpaired) electrons. The van der Waals surface area contributed by atoms with Crippen molar-refractivity contribution < 1.29 is 4.74 Å². The van der Waals surface area contributed by atoms with E-state index in [2.05, 4.69) is 9.97 Å². The SMILES string of the molecule is Nc1c(Cl)ncnc1OCC1CCCCC1. The molecule has 1 aromatic heterocycles. The first-order valence-corrected chi connectivity index (χ1v) is 6.04. The largest absolute Gasteiger partial charge is 0.476 e. The van der Waals surface area contributed by atoms with Gasteiger partial charge in [0, 0.05) is 0 Å². The highest BCUT2D eigenvalue weighted by Crippen LogP contribution is 2.27. The third kappa shape index (κ3) is 2.76. The molecule has 0 atom stereocenters. The maximum atomic E-state index is 5.78. The summed E-state index contributed by atoms with van der Waals surface area (Å²) in [5.74, 6) is 1.03. The smallest absolute Gasteiger partial charge is 0.241 e. The summed E-state index contributed by atoms with van der Waals surface area (Å²) >= 11 is 5.78. The lowest BCUT2D eigenvalue weighted by molar-refractivity contribution is 0.203. The average molecular weight is 242 g/mol. The van der Waals surface area contributed by atoms with Crippen LogP contribution in [0.2, 0.25) is 5.15 Å². The number of halogens is 1. The number of rotatable bonds is 3. The molecular formula is C11H16ClN3O. The van der Waals surface area contributed by atoms with Gasteiger partial charge in [0.2, 0.25) is 5.88 Å². The first-order valence-electron chi connectivity index (χ1n) is 5.66. The minimum Gasteiger partial charge on any atom is -0.476 e. The van der Waals surface area contributed by atoms with Crippen molar-refractivity contribution in [3.63, 3.8) is 0 Å². The second kappa shape index (κ2) is 5.34. The van der Waals surface area contributed by atoms with Crippen LogP contribution in [0.3, 0.4) is 0 Å². The first kappa shape index (κ1) is 11.5. The maximum Gasteiger partial charge on any atom is 0.241 e. The van der Waals surface area contributed by atoms with Gasteiger partial charge in [0.05, 0.1) is 6.61 Å². The zero-order chi connectivity index (χ0) is 11.4. The summed E-state index contributed by atoms with van der Waals surface area (Å²) in [6.07, 6.45) is 7.78. The van der Waals surface area contributed by atoms with Crippen LogP contribution in [-0.2, 0) is 0 Å². The fraction of sp³-hybridized carbons (Fsp3) is 0.636. The van der Waals surface area contributed by atoms with E-state index in [1.165, 1.54) is 38.4 Å². The van der Waals surface area contributed by atoms with Crippen molar-refractivity contribution in [3.05, 3.63) is 11.5 Å². The minimum absolute atomic E-state index is 0.258. The van der Waals surface area contributed by atoms with E-state index in [4.69, 9.17) is 22.1 Å². The summed E-state index contributed by atoms with van der Waals surface area (Å²) in [5.41, 5.74) is 6.05. The molecule has 16 heavy (non-hydrogen) atoms. The maximum absolute atomic E-state index is 5.78. The van der Waals surface area contributed by atoms with Gasteiger partial charge < -0.3 is 10.5 Å². The van der Waals surface area contributed by atoms with Crippen LogP contribution in [0.5, 0.6) is 5.88 Å². The molecule has 2 N–H and O–H groups in total. The van der Waals surface area contributed by atoms with Gasteiger partial charge in [-0.15, -0.1) is 0 Å².